The molecule has 2 heteroatoms. The molecule has 0 heterocycles. The van der Waals surface area contributed by atoms with Gasteiger partial charge in [-0.25, -0.2) is 0 Å². The number of para-hydroxylation sites is 1. The third kappa shape index (κ3) is 4.09. The summed E-state index contributed by atoms with van der Waals surface area (Å²) in [4.78, 5) is 12.1. The van der Waals surface area contributed by atoms with Gasteiger partial charge in [0.1, 0.15) is 5.75 Å². The van der Waals surface area contributed by atoms with Crippen LogP contribution in [0.4, 0.5) is 0 Å². The molecule has 0 amide bonds. The number of esters is 1. The quantitative estimate of drug-likeness (QED) is 0.565. The zero-order chi connectivity index (χ0) is 13.6. The minimum absolute atomic E-state index is 0.0680. The molecule has 0 bridgehead atoms. The molecule has 2 nitrogen and oxygen atoms in total. The van der Waals surface area contributed by atoms with Crippen molar-refractivity contribution in [1.82, 2.24) is 0 Å². The van der Waals surface area contributed by atoms with Crippen LogP contribution >= 0.6 is 0 Å². The van der Waals surface area contributed by atoms with E-state index < -0.39 is 0 Å². The lowest BCUT2D eigenvalue weighted by Gasteiger charge is -2.36. The molecule has 0 aromatic heterocycles. The molecule has 1 aliphatic rings. The Balaban J connectivity index is 1.95. The van der Waals surface area contributed by atoms with Crippen LogP contribution in [0, 0.1) is 5.41 Å². The van der Waals surface area contributed by atoms with Crippen LogP contribution in [0.2, 0.25) is 0 Å². The summed E-state index contributed by atoms with van der Waals surface area (Å²) < 4.78 is 5.45. The van der Waals surface area contributed by atoms with Gasteiger partial charge in [0.15, 0.2) is 0 Å². The van der Waals surface area contributed by atoms with Crippen LogP contribution in [0.15, 0.2) is 30.3 Å². The lowest BCUT2D eigenvalue weighted by atomic mass is 9.69. The van der Waals surface area contributed by atoms with E-state index in [-0.39, 0.29) is 11.4 Å². The molecule has 1 aromatic rings. The van der Waals surface area contributed by atoms with Gasteiger partial charge in [-0.3, -0.25) is 4.79 Å². The van der Waals surface area contributed by atoms with Crippen molar-refractivity contribution in [3.05, 3.63) is 30.3 Å². The van der Waals surface area contributed by atoms with Crippen molar-refractivity contribution in [2.45, 2.75) is 58.3 Å². The summed E-state index contributed by atoms with van der Waals surface area (Å²) in [5.41, 5.74) is 0.207. The number of hydrogen-bond donors (Lipinski definition) is 0. The Hall–Kier alpha value is -1.31. The monoisotopic (exact) mass is 260 g/mol. The highest BCUT2D eigenvalue weighted by Crippen LogP contribution is 2.43. The molecule has 0 saturated heterocycles. The van der Waals surface area contributed by atoms with Crippen molar-refractivity contribution in [3.8, 4) is 5.75 Å². The molecule has 1 fully saturated rings. The maximum atomic E-state index is 12.1. The van der Waals surface area contributed by atoms with Crippen molar-refractivity contribution in [1.29, 1.82) is 0 Å². The molecule has 1 aromatic carbocycles. The minimum Gasteiger partial charge on any atom is -0.427 e. The first-order valence-corrected chi connectivity index (χ1v) is 7.50. The van der Waals surface area contributed by atoms with Crippen molar-refractivity contribution < 1.29 is 9.53 Å². The van der Waals surface area contributed by atoms with Crippen molar-refractivity contribution in [2.75, 3.05) is 0 Å². The first-order valence-electron chi connectivity index (χ1n) is 7.50. The van der Waals surface area contributed by atoms with Gasteiger partial charge in [0.2, 0.25) is 0 Å². The van der Waals surface area contributed by atoms with Crippen LogP contribution in [0.5, 0.6) is 5.75 Å². The highest BCUT2D eigenvalue weighted by Gasteiger charge is 2.34. The third-order valence-electron chi connectivity index (χ3n) is 4.19. The van der Waals surface area contributed by atoms with Gasteiger partial charge in [-0.2, -0.15) is 0 Å². The summed E-state index contributed by atoms with van der Waals surface area (Å²) in [5.74, 6) is 0.594. The van der Waals surface area contributed by atoms with Gasteiger partial charge in [-0.05, 0) is 36.8 Å². The Bertz CT molecular complexity index is 385. The first-order chi connectivity index (χ1) is 9.24. The third-order valence-corrected chi connectivity index (χ3v) is 4.19. The maximum Gasteiger partial charge on any atom is 0.311 e. The molecule has 104 valence electrons. The zero-order valence-electron chi connectivity index (χ0n) is 11.9. The van der Waals surface area contributed by atoms with Crippen LogP contribution in [0.3, 0.4) is 0 Å². The van der Waals surface area contributed by atoms with Crippen molar-refractivity contribution in [3.63, 3.8) is 0 Å². The SMILES string of the molecule is CCCC1(CC(=O)Oc2ccccc2)CCCCC1. The van der Waals surface area contributed by atoms with E-state index >= 15 is 0 Å². The Morgan fingerprint density at radius 1 is 1.16 bits per heavy atom. The summed E-state index contributed by atoms with van der Waals surface area (Å²) in [6.07, 6.45) is 9.09. The van der Waals surface area contributed by atoms with Crippen LogP contribution in [-0.4, -0.2) is 5.97 Å². The van der Waals surface area contributed by atoms with Gasteiger partial charge in [0.25, 0.3) is 0 Å². The molecule has 0 atom stereocenters. The molecular formula is C17H24O2. The van der Waals surface area contributed by atoms with E-state index in [0.29, 0.717) is 12.2 Å². The normalized spacial score (nSPS) is 17.9. The van der Waals surface area contributed by atoms with Crippen LogP contribution in [0.25, 0.3) is 0 Å². The summed E-state index contributed by atoms with van der Waals surface area (Å²) >= 11 is 0. The molecule has 2 rings (SSSR count). The number of ether oxygens (including phenoxy) is 1. The average molecular weight is 260 g/mol. The van der Waals surface area contributed by atoms with Crippen LogP contribution < -0.4 is 4.74 Å². The average Bonchev–Trinajstić information content (AvgIpc) is 2.40. The smallest absolute Gasteiger partial charge is 0.311 e. The number of rotatable bonds is 5. The molecule has 1 aliphatic carbocycles. The molecule has 0 N–H and O–H groups in total. The highest BCUT2D eigenvalue weighted by atomic mass is 16.5. The van der Waals surface area contributed by atoms with Gasteiger partial charge < -0.3 is 4.74 Å². The maximum absolute atomic E-state index is 12.1. The Morgan fingerprint density at radius 2 is 1.84 bits per heavy atom. The van der Waals surface area contributed by atoms with Gasteiger partial charge in [-0.15, -0.1) is 0 Å². The van der Waals surface area contributed by atoms with E-state index in [0.717, 1.165) is 12.8 Å². The molecule has 0 aliphatic heterocycles. The summed E-state index contributed by atoms with van der Waals surface area (Å²) in [7, 11) is 0. The van der Waals surface area contributed by atoms with Gasteiger partial charge in [0.05, 0.1) is 6.42 Å². The first kappa shape index (κ1) is 14.1. The van der Waals surface area contributed by atoms with E-state index in [2.05, 4.69) is 6.92 Å². The predicted octanol–water partition coefficient (Wildman–Crippen LogP) is 4.73. The zero-order valence-corrected chi connectivity index (χ0v) is 11.9. The lowest BCUT2D eigenvalue weighted by Crippen LogP contribution is -2.29. The van der Waals surface area contributed by atoms with E-state index in [1.807, 2.05) is 30.3 Å². The Labute approximate surface area is 116 Å². The fourth-order valence-corrected chi connectivity index (χ4v) is 3.31. The lowest BCUT2D eigenvalue weighted by molar-refractivity contribution is -0.137. The van der Waals surface area contributed by atoms with E-state index in [4.69, 9.17) is 4.74 Å². The fraction of sp³-hybridized carbons (Fsp3) is 0.588. The number of hydrogen-bond acceptors (Lipinski definition) is 2. The van der Waals surface area contributed by atoms with Crippen molar-refractivity contribution in [2.24, 2.45) is 5.41 Å². The second-order valence-corrected chi connectivity index (χ2v) is 5.77. The predicted molar refractivity (Wildman–Crippen MR) is 77.1 cm³/mol. The Kier molecular flexibility index (Phi) is 5.00. The van der Waals surface area contributed by atoms with Gasteiger partial charge >= 0.3 is 5.97 Å². The molecule has 19 heavy (non-hydrogen) atoms. The minimum atomic E-state index is -0.0680. The highest BCUT2D eigenvalue weighted by molar-refractivity contribution is 5.73. The van der Waals surface area contributed by atoms with Gasteiger partial charge in [0, 0.05) is 0 Å². The largest absolute Gasteiger partial charge is 0.427 e. The van der Waals surface area contributed by atoms with E-state index in [1.54, 1.807) is 0 Å². The Morgan fingerprint density at radius 3 is 2.47 bits per heavy atom. The molecule has 0 unspecified atom stereocenters. The molecule has 1 saturated carbocycles. The summed E-state index contributed by atoms with van der Waals surface area (Å²) in [5, 5.41) is 0. The van der Waals surface area contributed by atoms with Gasteiger partial charge in [-0.1, -0.05) is 50.8 Å². The summed E-state index contributed by atoms with van der Waals surface area (Å²) in [6, 6.07) is 9.39. The second-order valence-electron chi connectivity index (χ2n) is 5.77. The van der Waals surface area contributed by atoms with Crippen LogP contribution in [-0.2, 0) is 4.79 Å². The number of benzene rings is 1. The van der Waals surface area contributed by atoms with Crippen molar-refractivity contribution >= 4 is 5.97 Å². The topological polar surface area (TPSA) is 26.3 Å². The second kappa shape index (κ2) is 6.74. The number of carbonyl (C=O) groups excluding carboxylic acids is 1. The standard InChI is InChI=1S/C17H24O2/c1-2-11-17(12-7-4-8-13-17)14-16(18)19-15-9-5-3-6-10-15/h3,5-6,9-10H,2,4,7-8,11-14H2,1H3. The molecule has 0 spiro atoms. The molecular weight excluding hydrogens is 236 g/mol. The van der Waals surface area contributed by atoms with E-state index in [9.17, 15) is 4.79 Å². The van der Waals surface area contributed by atoms with E-state index in [1.165, 1.54) is 32.1 Å². The fourth-order valence-electron chi connectivity index (χ4n) is 3.31. The summed E-state index contributed by atoms with van der Waals surface area (Å²) in [6.45, 7) is 2.21. The number of carbonyl (C=O) groups is 1. The molecule has 0 radical (unpaired) electrons. The van der Waals surface area contributed by atoms with Crippen LogP contribution in [0.1, 0.15) is 58.3 Å².